The zero-order valence-corrected chi connectivity index (χ0v) is 13.1. The molecule has 1 saturated heterocycles. The molecule has 1 atom stereocenters. The number of aryl methyl sites for hydroxylation is 1. The second-order valence-electron chi connectivity index (χ2n) is 5.33. The van der Waals surface area contributed by atoms with Crippen molar-refractivity contribution >= 4 is 23.1 Å². The van der Waals surface area contributed by atoms with Crippen LogP contribution in [0.25, 0.3) is 0 Å². The molecule has 112 valence electrons. The van der Waals surface area contributed by atoms with Crippen molar-refractivity contribution < 1.29 is 4.79 Å². The van der Waals surface area contributed by atoms with E-state index in [1.807, 2.05) is 13.0 Å². The molecule has 1 aliphatic heterocycles. The highest BCUT2D eigenvalue weighted by Crippen LogP contribution is 2.29. The number of hydrogen-bond donors (Lipinski definition) is 3. The van der Waals surface area contributed by atoms with Gasteiger partial charge in [0.05, 0.1) is 4.88 Å². The molecule has 5 nitrogen and oxygen atoms in total. The number of hydrogen-bond acceptors (Lipinski definition) is 4. The lowest BCUT2D eigenvalue weighted by molar-refractivity contribution is 0.103. The Morgan fingerprint density at radius 1 is 1.52 bits per heavy atom. The standard InChI is InChI=1S/C15H20N4OS/c1-3-10-9(2)14(19-18-10)17-15(20)13-7-6-12(21-13)11-5-4-8-16-11/h6-7,11,16H,3-5,8H2,1-2H3,(H2,17,18,19,20). The van der Waals surface area contributed by atoms with Gasteiger partial charge in [0.1, 0.15) is 0 Å². The highest BCUT2D eigenvalue weighted by Gasteiger charge is 2.20. The van der Waals surface area contributed by atoms with Crippen molar-refractivity contribution in [1.29, 1.82) is 0 Å². The van der Waals surface area contributed by atoms with Gasteiger partial charge in [-0.05, 0) is 44.9 Å². The van der Waals surface area contributed by atoms with E-state index >= 15 is 0 Å². The van der Waals surface area contributed by atoms with E-state index in [-0.39, 0.29) is 5.91 Å². The van der Waals surface area contributed by atoms with E-state index in [9.17, 15) is 4.79 Å². The summed E-state index contributed by atoms with van der Waals surface area (Å²) in [5, 5.41) is 13.5. The van der Waals surface area contributed by atoms with Crippen LogP contribution in [0.3, 0.4) is 0 Å². The molecule has 1 unspecified atom stereocenters. The maximum atomic E-state index is 12.3. The topological polar surface area (TPSA) is 69.8 Å². The van der Waals surface area contributed by atoms with E-state index in [2.05, 4.69) is 33.8 Å². The van der Waals surface area contributed by atoms with Crippen molar-refractivity contribution in [3.63, 3.8) is 0 Å². The van der Waals surface area contributed by atoms with Gasteiger partial charge in [-0.2, -0.15) is 5.10 Å². The molecule has 2 aromatic heterocycles. The van der Waals surface area contributed by atoms with Gasteiger partial charge in [-0.15, -0.1) is 11.3 Å². The number of nitrogens with one attached hydrogen (secondary N) is 3. The van der Waals surface area contributed by atoms with Crippen molar-refractivity contribution in [3.8, 4) is 0 Å². The highest BCUT2D eigenvalue weighted by molar-refractivity contribution is 7.14. The van der Waals surface area contributed by atoms with Crippen LogP contribution >= 0.6 is 11.3 Å². The molecule has 1 amide bonds. The number of nitrogens with zero attached hydrogens (tertiary/aromatic N) is 1. The first kappa shape index (κ1) is 14.3. The lowest BCUT2D eigenvalue weighted by atomic mass is 10.2. The summed E-state index contributed by atoms with van der Waals surface area (Å²) in [6.07, 6.45) is 3.24. The Morgan fingerprint density at radius 2 is 2.38 bits per heavy atom. The fraction of sp³-hybridized carbons (Fsp3) is 0.467. The molecule has 0 radical (unpaired) electrons. The van der Waals surface area contributed by atoms with E-state index < -0.39 is 0 Å². The molecular weight excluding hydrogens is 284 g/mol. The summed E-state index contributed by atoms with van der Waals surface area (Å²) >= 11 is 1.56. The third kappa shape index (κ3) is 2.87. The minimum Gasteiger partial charge on any atom is -0.309 e. The first-order valence-electron chi connectivity index (χ1n) is 7.37. The highest BCUT2D eigenvalue weighted by atomic mass is 32.1. The molecule has 1 fully saturated rings. The normalized spacial score (nSPS) is 18.1. The largest absolute Gasteiger partial charge is 0.309 e. The number of carbonyl (C=O) groups is 1. The Kier molecular flexibility index (Phi) is 4.07. The van der Waals surface area contributed by atoms with Crippen molar-refractivity contribution in [2.45, 2.75) is 39.2 Å². The Bertz CT molecular complexity index is 640. The Hall–Kier alpha value is -1.66. The van der Waals surface area contributed by atoms with E-state index in [0.717, 1.165) is 35.5 Å². The molecule has 0 spiro atoms. The van der Waals surface area contributed by atoms with Crippen LogP contribution in [-0.2, 0) is 6.42 Å². The van der Waals surface area contributed by atoms with Gasteiger partial charge in [-0.1, -0.05) is 6.92 Å². The lowest BCUT2D eigenvalue weighted by Gasteiger charge is -2.06. The average molecular weight is 304 g/mol. The second-order valence-corrected chi connectivity index (χ2v) is 6.45. The van der Waals surface area contributed by atoms with Crippen LogP contribution in [0.1, 0.15) is 51.6 Å². The van der Waals surface area contributed by atoms with E-state index in [1.165, 1.54) is 11.3 Å². The van der Waals surface area contributed by atoms with Gasteiger partial charge >= 0.3 is 0 Å². The molecule has 3 heterocycles. The molecule has 2 aromatic rings. The van der Waals surface area contributed by atoms with Crippen molar-refractivity contribution in [3.05, 3.63) is 33.1 Å². The van der Waals surface area contributed by atoms with Crippen molar-refractivity contribution in [2.24, 2.45) is 0 Å². The molecule has 1 aliphatic rings. The Morgan fingerprint density at radius 3 is 3.05 bits per heavy atom. The van der Waals surface area contributed by atoms with Crippen molar-refractivity contribution in [2.75, 3.05) is 11.9 Å². The summed E-state index contributed by atoms with van der Waals surface area (Å²) in [6.45, 7) is 5.10. The summed E-state index contributed by atoms with van der Waals surface area (Å²) < 4.78 is 0. The summed E-state index contributed by atoms with van der Waals surface area (Å²) in [5.41, 5.74) is 2.08. The first-order chi connectivity index (χ1) is 10.2. The number of rotatable bonds is 4. The molecule has 0 aromatic carbocycles. The van der Waals surface area contributed by atoms with Crippen LogP contribution in [0.4, 0.5) is 5.82 Å². The summed E-state index contributed by atoms with van der Waals surface area (Å²) in [7, 11) is 0. The van der Waals surface area contributed by atoms with Gasteiger partial charge in [0, 0.05) is 22.2 Å². The molecule has 6 heteroatoms. The average Bonchev–Trinajstić information content (AvgIpc) is 3.19. The van der Waals surface area contributed by atoms with Crippen LogP contribution in [0.15, 0.2) is 12.1 Å². The number of amides is 1. The Labute approximate surface area is 128 Å². The number of anilines is 1. The molecule has 3 rings (SSSR count). The molecule has 21 heavy (non-hydrogen) atoms. The quantitative estimate of drug-likeness (QED) is 0.813. The number of aromatic amines is 1. The van der Waals surface area contributed by atoms with E-state index in [1.54, 1.807) is 11.3 Å². The fourth-order valence-electron chi connectivity index (χ4n) is 2.66. The second kappa shape index (κ2) is 5.99. The minimum absolute atomic E-state index is 0.0819. The van der Waals surface area contributed by atoms with Gasteiger partial charge in [0.25, 0.3) is 5.91 Å². The third-order valence-corrected chi connectivity index (χ3v) is 5.15. The number of carbonyl (C=O) groups excluding carboxylic acids is 1. The molecule has 0 saturated carbocycles. The molecule has 3 N–H and O–H groups in total. The third-order valence-electron chi connectivity index (χ3n) is 3.95. The summed E-state index contributed by atoms with van der Waals surface area (Å²) in [4.78, 5) is 14.3. The number of H-pyrrole nitrogens is 1. The van der Waals surface area contributed by atoms with E-state index in [0.29, 0.717) is 11.9 Å². The lowest BCUT2D eigenvalue weighted by Crippen LogP contribution is -2.12. The smallest absolute Gasteiger partial charge is 0.266 e. The monoisotopic (exact) mass is 304 g/mol. The van der Waals surface area contributed by atoms with Crippen LogP contribution < -0.4 is 10.6 Å². The Balaban J connectivity index is 1.71. The fourth-order valence-corrected chi connectivity index (χ4v) is 3.67. The molecule has 0 aliphatic carbocycles. The molecule has 0 bridgehead atoms. The van der Waals surface area contributed by atoms with Gasteiger partial charge in [-0.3, -0.25) is 9.89 Å². The van der Waals surface area contributed by atoms with Crippen LogP contribution in [0, 0.1) is 6.92 Å². The van der Waals surface area contributed by atoms with Crippen molar-refractivity contribution in [1.82, 2.24) is 15.5 Å². The maximum Gasteiger partial charge on any atom is 0.266 e. The van der Waals surface area contributed by atoms with Gasteiger partial charge in [-0.25, -0.2) is 0 Å². The minimum atomic E-state index is -0.0819. The predicted molar refractivity (Wildman–Crippen MR) is 85.0 cm³/mol. The predicted octanol–water partition coefficient (Wildman–Crippen LogP) is 3.02. The van der Waals surface area contributed by atoms with Crippen LogP contribution in [-0.4, -0.2) is 22.6 Å². The zero-order chi connectivity index (χ0) is 14.8. The SMILES string of the molecule is CCc1[nH]nc(NC(=O)c2ccc(C3CCCN3)s2)c1C. The first-order valence-corrected chi connectivity index (χ1v) is 8.19. The van der Waals surface area contributed by atoms with Gasteiger partial charge in [0.2, 0.25) is 0 Å². The van der Waals surface area contributed by atoms with Gasteiger partial charge < -0.3 is 10.6 Å². The summed E-state index contributed by atoms with van der Waals surface area (Å²) in [6, 6.07) is 4.37. The number of aromatic nitrogens is 2. The number of thiophene rings is 1. The molecular formula is C15H20N4OS. The van der Waals surface area contributed by atoms with Crippen LogP contribution in [0.2, 0.25) is 0 Å². The van der Waals surface area contributed by atoms with Gasteiger partial charge in [0.15, 0.2) is 5.82 Å². The summed E-state index contributed by atoms with van der Waals surface area (Å²) in [5.74, 6) is 0.548. The van der Waals surface area contributed by atoms with Crippen LogP contribution in [0.5, 0.6) is 0 Å². The zero-order valence-electron chi connectivity index (χ0n) is 12.3. The van der Waals surface area contributed by atoms with E-state index in [4.69, 9.17) is 0 Å². The maximum absolute atomic E-state index is 12.3.